The molecule has 22 heavy (non-hydrogen) atoms. The molecule has 5 N–H and O–H groups in total. The van der Waals surface area contributed by atoms with E-state index in [-0.39, 0.29) is 11.8 Å². The molecule has 0 radical (unpaired) electrons. The second kappa shape index (κ2) is 6.32. The molecule has 0 saturated carbocycles. The van der Waals surface area contributed by atoms with E-state index in [1.807, 2.05) is 42.6 Å². The molecule has 1 aromatic heterocycles. The van der Waals surface area contributed by atoms with Gasteiger partial charge >= 0.3 is 0 Å². The summed E-state index contributed by atoms with van der Waals surface area (Å²) in [4.78, 5) is 14.4. The van der Waals surface area contributed by atoms with E-state index in [9.17, 15) is 4.79 Å². The maximum Gasteiger partial charge on any atom is 0.243 e. The molecule has 0 spiro atoms. The van der Waals surface area contributed by atoms with Gasteiger partial charge in [-0.1, -0.05) is 36.4 Å². The van der Waals surface area contributed by atoms with Crippen molar-refractivity contribution < 1.29 is 4.79 Å². The number of nitrogens with two attached hydrogens (primary N) is 1. The Hall–Kier alpha value is -2.79. The van der Waals surface area contributed by atoms with Crippen molar-refractivity contribution >= 4 is 22.5 Å². The molecule has 2 aromatic carbocycles. The summed E-state index contributed by atoms with van der Waals surface area (Å²) in [6.45, 7) is 0.627. The van der Waals surface area contributed by atoms with Gasteiger partial charge in [-0.25, -0.2) is 5.84 Å². The Kier molecular flexibility index (Phi) is 4.07. The Labute approximate surface area is 128 Å². The number of H-pyrrole nitrogens is 1. The average molecular weight is 294 g/mol. The normalized spacial score (nSPS) is 15.4. The molecule has 4 rings (SSSR count). The molecular weight excluding hydrogens is 276 g/mol. The quantitative estimate of drug-likeness (QED) is 0.316. The Balaban J connectivity index is 0.000000139. The summed E-state index contributed by atoms with van der Waals surface area (Å²) in [6, 6.07) is 18.0. The number of rotatable bonds is 1. The number of aromatic nitrogens is 1. The monoisotopic (exact) mass is 294 g/mol. The lowest BCUT2D eigenvalue weighted by atomic mass is 10.0. The van der Waals surface area contributed by atoms with Crippen LogP contribution in [0, 0.1) is 0 Å². The van der Waals surface area contributed by atoms with Gasteiger partial charge < -0.3 is 10.3 Å². The highest BCUT2D eigenvalue weighted by Gasteiger charge is 2.27. The number of fused-ring (bicyclic) bond motifs is 2. The smallest absolute Gasteiger partial charge is 0.243 e. The number of hydrogen-bond acceptors (Lipinski definition) is 3. The number of hydrogen-bond donors (Lipinski definition) is 4. The Morgan fingerprint density at radius 2 is 1.86 bits per heavy atom. The lowest BCUT2D eigenvalue weighted by molar-refractivity contribution is -0.122. The number of hydrazine groups is 1. The van der Waals surface area contributed by atoms with Crippen molar-refractivity contribution in [3.63, 3.8) is 0 Å². The first-order valence-corrected chi connectivity index (χ1v) is 7.15. The van der Waals surface area contributed by atoms with Crippen LogP contribution in [0.15, 0.2) is 60.8 Å². The van der Waals surface area contributed by atoms with Crippen molar-refractivity contribution in [3.05, 3.63) is 66.4 Å². The third kappa shape index (κ3) is 2.80. The van der Waals surface area contributed by atoms with Gasteiger partial charge in [-0.15, -0.1) is 0 Å². The second-order valence-electron chi connectivity index (χ2n) is 5.09. The SMILES string of the molecule is NNC(=O)C1CNc2ccccc21.c1ccc2[nH]ccc2c1. The van der Waals surface area contributed by atoms with Crippen molar-refractivity contribution in [1.82, 2.24) is 10.4 Å². The highest BCUT2D eigenvalue weighted by atomic mass is 16.2. The minimum atomic E-state index is -0.152. The molecule has 0 bridgehead atoms. The molecule has 3 aromatic rings. The summed E-state index contributed by atoms with van der Waals surface area (Å²) in [5, 5.41) is 4.42. The number of anilines is 1. The molecule has 1 unspecified atom stereocenters. The molecule has 1 atom stereocenters. The average Bonchev–Trinajstić information content (AvgIpc) is 3.21. The zero-order valence-corrected chi connectivity index (χ0v) is 12.0. The number of carbonyl (C=O) groups excluding carboxylic acids is 1. The lowest BCUT2D eigenvalue weighted by Crippen LogP contribution is -2.35. The predicted octanol–water partition coefficient (Wildman–Crippen LogP) is 2.35. The topological polar surface area (TPSA) is 82.9 Å². The van der Waals surface area contributed by atoms with Crippen LogP contribution in [0.1, 0.15) is 11.5 Å². The van der Waals surface area contributed by atoms with Crippen molar-refractivity contribution in [2.24, 2.45) is 5.84 Å². The van der Waals surface area contributed by atoms with Crippen molar-refractivity contribution in [2.45, 2.75) is 5.92 Å². The van der Waals surface area contributed by atoms with E-state index in [0.717, 1.165) is 11.3 Å². The molecule has 1 amide bonds. The zero-order chi connectivity index (χ0) is 15.4. The summed E-state index contributed by atoms with van der Waals surface area (Å²) in [5.74, 6) is 4.79. The standard InChI is InChI=1S/C9H11N3O.C8H7N/c10-12-9(13)7-5-11-8-4-2-1-3-6(7)8;1-2-4-8-7(3-1)5-6-9-8/h1-4,7,11H,5,10H2,(H,12,13);1-6,9H. The summed E-state index contributed by atoms with van der Waals surface area (Å²) < 4.78 is 0. The van der Waals surface area contributed by atoms with Gasteiger partial charge in [0.2, 0.25) is 5.91 Å². The number of amides is 1. The van der Waals surface area contributed by atoms with Gasteiger partial charge in [-0.05, 0) is 29.1 Å². The Morgan fingerprint density at radius 3 is 2.68 bits per heavy atom. The molecule has 1 aliphatic rings. The predicted molar refractivity (Wildman–Crippen MR) is 88.3 cm³/mol. The largest absolute Gasteiger partial charge is 0.384 e. The highest BCUT2D eigenvalue weighted by Crippen LogP contribution is 2.30. The van der Waals surface area contributed by atoms with Gasteiger partial charge in [0, 0.05) is 23.9 Å². The fraction of sp³-hybridized carbons (Fsp3) is 0.118. The maximum atomic E-state index is 11.3. The van der Waals surface area contributed by atoms with E-state index in [1.165, 1.54) is 10.9 Å². The number of nitrogens with one attached hydrogen (secondary N) is 3. The molecule has 5 nitrogen and oxygen atoms in total. The van der Waals surface area contributed by atoms with Crippen LogP contribution in [0.25, 0.3) is 10.9 Å². The fourth-order valence-corrected chi connectivity index (χ4v) is 2.61. The van der Waals surface area contributed by atoms with Crippen LogP contribution in [-0.2, 0) is 4.79 Å². The van der Waals surface area contributed by atoms with Gasteiger partial charge in [0.1, 0.15) is 0 Å². The van der Waals surface area contributed by atoms with Crippen molar-refractivity contribution in [2.75, 3.05) is 11.9 Å². The van der Waals surface area contributed by atoms with Gasteiger partial charge in [0.25, 0.3) is 0 Å². The summed E-state index contributed by atoms with van der Waals surface area (Å²) >= 11 is 0. The minimum Gasteiger partial charge on any atom is -0.384 e. The van der Waals surface area contributed by atoms with Crippen LogP contribution in [-0.4, -0.2) is 17.4 Å². The molecule has 112 valence electrons. The van der Waals surface area contributed by atoms with Gasteiger partial charge in [-0.2, -0.15) is 0 Å². The minimum absolute atomic E-state index is 0.141. The van der Waals surface area contributed by atoms with E-state index in [0.29, 0.717) is 6.54 Å². The molecule has 2 heterocycles. The third-order valence-corrected chi connectivity index (χ3v) is 3.75. The number of para-hydroxylation sites is 2. The molecule has 0 saturated heterocycles. The van der Waals surface area contributed by atoms with E-state index >= 15 is 0 Å². The van der Waals surface area contributed by atoms with Crippen molar-refractivity contribution in [1.29, 1.82) is 0 Å². The molecule has 0 fully saturated rings. The Bertz CT molecular complexity index is 751. The van der Waals surface area contributed by atoms with Crippen LogP contribution < -0.4 is 16.6 Å². The molecular formula is C17H18N4O. The summed E-state index contributed by atoms with van der Waals surface area (Å²) in [7, 11) is 0. The fourth-order valence-electron chi connectivity index (χ4n) is 2.61. The zero-order valence-electron chi connectivity index (χ0n) is 12.0. The van der Waals surface area contributed by atoms with Crippen molar-refractivity contribution in [3.8, 4) is 0 Å². The first-order chi connectivity index (χ1) is 10.8. The van der Waals surface area contributed by atoms with E-state index in [2.05, 4.69) is 33.9 Å². The molecule has 0 aliphatic carbocycles. The first-order valence-electron chi connectivity index (χ1n) is 7.15. The van der Waals surface area contributed by atoms with Crippen LogP contribution in [0.5, 0.6) is 0 Å². The summed E-state index contributed by atoms with van der Waals surface area (Å²) in [6.07, 6.45) is 1.95. The van der Waals surface area contributed by atoms with Crippen LogP contribution >= 0.6 is 0 Å². The van der Waals surface area contributed by atoms with E-state index in [4.69, 9.17) is 5.84 Å². The van der Waals surface area contributed by atoms with Gasteiger partial charge in [0.05, 0.1) is 5.92 Å². The Morgan fingerprint density at radius 1 is 1.09 bits per heavy atom. The van der Waals surface area contributed by atoms with Gasteiger partial charge in [-0.3, -0.25) is 10.2 Å². The van der Waals surface area contributed by atoms with E-state index < -0.39 is 0 Å². The second-order valence-corrected chi connectivity index (χ2v) is 5.09. The van der Waals surface area contributed by atoms with Crippen LogP contribution in [0.2, 0.25) is 0 Å². The van der Waals surface area contributed by atoms with E-state index in [1.54, 1.807) is 0 Å². The first kappa shape index (κ1) is 14.2. The van der Waals surface area contributed by atoms with Crippen LogP contribution in [0.3, 0.4) is 0 Å². The number of benzene rings is 2. The molecule has 5 heteroatoms. The third-order valence-electron chi connectivity index (χ3n) is 3.75. The lowest BCUT2D eigenvalue weighted by Gasteiger charge is -2.06. The molecule has 1 aliphatic heterocycles. The van der Waals surface area contributed by atoms with Crippen LogP contribution in [0.4, 0.5) is 5.69 Å². The number of aromatic amines is 1. The number of carbonyl (C=O) groups is 1. The maximum absolute atomic E-state index is 11.3. The van der Waals surface area contributed by atoms with Gasteiger partial charge in [0.15, 0.2) is 0 Å². The highest BCUT2D eigenvalue weighted by molar-refractivity contribution is 5.87. The summed E-state index contributed by atoms with van der Waals surface area (Å²) in [5.41, 5.74) is 5.42.